The van der Waals surface area contributed by atoms with Crippen LogP contribution in [0.3, 0.4) is 0 Å². The summed E-state index contributed by atoms with van der Waals surface area (Å²) >= 11 is -1.84. The van der Waals surface area contributed by atoms with Gasteiger partial charge in [0.2, 0.25) is 0 Å². The van der Waals surface area contributed by atoms with E-state index in [1.165, 1.54) is 22.3 Å². The minimum atomic E-state index is -1.84. The molecule has 29 heavy (non-hydrogen) atoms. The predicted molar refractivity (Wildman–Crippen MR) is 125 cm³/mol. The van der Waals surface area contributed by atoms with Gasteiger partial charge in [0.1, 0.15) is 0 Å². The molecule has 4 rings (SSSR count). The Morgan fingerprint density at radius 2 is 1.34 bits per heavy atom. The Bertz CT molecular complexity index is 1080. The van der Waals surface area contributed by atoms with E-state index in [-0.39, 0.29) is 5.43 Å². The first-order valence-electron chi connectivity index (χ1n) is 10.7. The minimum absolute atomic E-state index is 0.319. The third-order valence-corrected chi connectivity index (χ3v) is 26.8. The zero-order chi connectivity index (χ0) is 20.9. The number of rotatable bonds is 3. The molecule has 0 spiro atoms. The summed E-state index contributed by atoms with van der Waals surface area (Å²) in [5, 5.41) is 0. The fourth-order valence-corrected chi connectivity index (χ4v) is 25.7. The number of hydrogen-bond donors (Lipinski definition) is 0. The number of benzene rings is 2. The Balaban J connectivity index is 1.89. The third-order valence-electron chi connectivity index (χ3n) is 7.12. The summed E-state index contributed by atoms with van der Waals surface area (Å²) in [4.78, 5) is 0. The van der Waals surface area contributed by atoms with Gasteiger partial charge in [-0.25, -0.2) is 0 Å². The van der Waals surface area contributed by atoms with Crippen LogP contribution in [0.4, 0.5) is 0 Å². The summed E-state index contributed by atoms with van der Waals surface area (Å²) in [6, 6.07) is 18.4. The van der Waals surface area contributed by atoms with E-state index in [0.717, 1.165) is 3.63 Å². The van der Waals surface area contributed by atoms with E-state index in [0.29, 0.717) is 3.63 Å². The molecule has 0 nitrogen and oxygen atoms in total. The SMILES string of the molecule is CC1=C(C)[CH]([Zr]([CH]2C=C(c3ccc(C)cc3)c3ccccc32)=[Si](C)C)C(C)=C1C. The van der Waals surface area contributed by atoms with Gasteiger partial charge in [0.15, 0.2) is 0 Å². The van der Waals surface area contributed by atoms with Gasteiger partial charge < -0.3 is 0 Å². The quantitative estimate of drug-likeness (QED) is 0.397. The van der Waals surface area contributed by atoms with Gasteiger partial charge in [0.25, 0.3) is 0 Å². The maximum atomic E-state index is 2.69. The van der Waals surface area contributed by atoms with Gasteiger partial charge in [0.05, 0.1) is 0 Å². The summed E-state index contributed by atoms with van der Waals surface area (Å²) in [5.41, 5.74) is 13.5. The van der Waals surface area contributed by atoms with E-state index in [9.17, 15) is 0 Å². The van der Waals surface area contributed by atoms with E-state index in [1.54, 1.807) is 27.9 Å². The van der Waals surface area contributed by atoms with Crippen molar-refractivity contribution in [3.05, 3.63) is 99.2 Å². The Kier molecular flexibility index (Phi) is 5.88. The number of aryl methyl sites for hydroxylation is 1. The molecule has 1 unspecified atom stereocenters. The number of allylic oxidation sites excluding steroid dienone is 5. The summed E-state index contributed by atoms with van der Waals surface area (Å²) in [5.74, 6) is 0. The second-order valence-corrected chi connectivity index (χ2v) is 27.0. The molecular formula is C27H32SiZr. The molecule has 2 heteroatoms. The Morgan fingerprint density at radius 3 is 1.93 bits per heavy atom. The molecule has 1 atom stereocenters. The van der Waals surface area contributed by atoms with Gasteiger partial charge in [-0.05, 0) is 0 Å². The van der Waals surface area contributed by atoms with Gasteiger partial charge in [-0.2, -0.15) is 0 Å². The van der Waals surface area contributed by atoms with Gasteiger partial charge in [-0.1, -0.05) is 0 Å². The first kappa shape index (κ1) is 21.0. The van der Waals surface area contributed by atoms with E-state index in [4.69, 9.17) is 0 Å². The third kappa shape index (κ3) is 3.57. The van der Waals surface area contributed by atoms with Crippen molar-refractivity contribution >= 4 is 11.0 Å². The van der Waals surface area contributed by atoms with Crippen LogP contribution < -0.4 is 0 Å². The Morgan fingerprint density at radius 1 is 0.759 bits per heavy atom. The predicted octanol–water partition coefficient (Wildman–Crippen LogP) is 7.83. The van der Waals surface area contributed by atoms with E-state index in [1.807, 2.05) is 0 Å². The van der Waals surface area contributed by atoms with Gasteiger partial charge in [-0.15, -0.1) is 0 Å². The molecule has 0 heterocycles. The van der Waals surface area contributed by atoms with Gasteiger partial charge in [-0.3, -0.25) is 0 Å². The van der Waals surface area contributed by atoms with Crippen molar-refractivity contribution in [1.82, 2.24) is 0 Å². The average Bonchev–Trinajstić information content (AvgIpc) is 3.17. The van der Waals surface area contributed by atoms with Crippen LogP contribution in [0.5, 0.6) is 0 Å². The first-order chi connectivity index (χ1) is 13.8. The monoisotopic (exact) mass is 474 g/mol. The van der Waals surface area contributed by atoms with Crippen molar-refractivity contribution in [3.63, 3.8) is 0 Å². The molecule has 0 saturated heterocycles. The molecule has 148 valence electrons. The van der Waals surface area contributed by atoms with Gasteiger partial charge in [0, 0.05) is 0 Å². The molecule has 2 aromatic carbocycles. The molecule has 0 radical (unpaired) electrons. The van der Waals surface area contributed by atoms with Crippen LogP contribution in [0.2, 0.25) is 16.7 Å². The standard InChI is InChI=1S/C16H13.C9H13.C2H6Si.Zr/c1-12-6-8-14(9-7-12)16-11-10-13-4-2-3-5-15(13)16;1-6-5-7(2)9(4)8(6)3;1-3-2;/h2-11H,1H3;5H,1-4H3;1-2H3;. The summed E-state index contributed by atoms with van der Waals surface area (Å²) in [7, 11) is 0. The van der Waals surface area contributed by atoms with Crippen molar-refractivity contribution < 1.29 is 20.4 Å². The molecule has 0 aliphatic heterocycles. The second-order valence-electron chi connectivity index (χ2n) is 9.02. The molecule has 2 aliphatic rings. The van der Waals surface area contributed by atoms with Crippen LogP contribution in [-0.4, -0.2) is 5.43 Å². The fourth-order valence-electron chi connectivity index (χ4n) is 5.20. The zero-order valence-electron chi connectivity index (χ0n) is 18.9. The second kappa shape index (κ2) is 8.12. The van der Waals surface area contributed by atoms with Crippen LogP contribution in [0.25, 0.3) is 5.57 Å². The molecule has 0 bridgehead atoms. The van der Waals surface area contributed by atoms with Crippen molar-refractivity contribution in [2.75, 3.05) is 0 Å². The molecule has 2 aliphatic carbocycles. The van der Waals surface area contributed by atoms with Gasteiger partial charge >= 0.3 is 185 Å². The van der Waals surface area contributed by atoms with Crippen LogP contribution >= 0.6 is 0 Å². The summed E-state index contributed by atoms with van der Waals surface area (Å²) in [6.45, 7) is 16.9. The molecule has 0 amide bonds. The molecule has 0 aromatic heterocycles. The van der Waals surface area contributed by atoms with Crippen molar-refractivity contribution in [3.8, 4) is 0 Å². The van der Waals surface area contributed by atoms with E-state index >= 15 is 0 Å². The van der Waals surface area contributed by atoms with Crippen LogP contribution in [0.15, 0.2) is 76.9 Å². The number of fused-ring (bicyclic) bond motifs is 1. The van der Waals surface area contributed by atoms with Crippen LogP contribution in [-0.2, 0) is 20.4 Å². The van der Waals surface area contributed by atoms with E-state index < -0.39 is 20.4 Å². The fraction of sp³-hybridized carbons (Fsp3) is 0.333. The molecule has 0 N–H and O–H groups in total. The Hall–Kier alpha value is -1.24. The maximum absolute atomic E-state index is 2.69. The zero-order valence-corrected chi connectivity index (χ0v) is 22.3. The average molecular weight is 476 g/mol. The van der Waals surface area contributed by atoms with Crippen molar-refractivity contribution in [2.45, 2.75) is 55.0 Å². The summed E-state index contributed by atoms with van der Waals surface area (Å²) in [6.07, 6.45) is 2.69. The molecule has 0 fully saturated rings. The van der Waals surface area contributed by atoms with Crippen molar-refractivity contribution in [2.24, 2.45) is 0 Å². The summed E-state index contributed by atoms with van der Waals surface area (Å²) < 4.78 is 1.48. The molecule has 2 aromatic rings. The topological polar surface area (TPSA) is 0 Å². The molecular weight excluding hydrogens is 444 g/mol. The normalized spacial score (nSPS) is 19.0. The van der Waals surface area contributed by atoms with Crippen LogP contribution in [0.1, 0.15) is 53.6 Å². The first-order valence-corrected chi connectivity index (χ1v) is 19.7. The Labute approximate surface area is 184 Å². The molecule has 0 saturated carbocycles. The van der Waals surface area contributed by atoms with Crippen LogP contribution in [0, 0.1) is 6.92 Å². The van der Waals surface area contributed by atoms with E-state index in [2.05, 4.69) is 102 Å². The number of hydrogen-bond acceptors (Lipinski definition) is 0. The van der Waals surface area contributed by atoms with Crippen molar-refractivity contribution in [1.29, 1.82) is 0 Å².